The Morgan fingerprint density at radius 2 is 2.26 bits per heavy atom. The molecule has 0 aromatic carbocycles. The lowest BCUT2D eigenvalue weighted by Crippen LogP contribution is -2.34. The minimum Gasteiger partial charge on any atom is -0.478 e. The Labute approximate surface area is 109 Å². The Kier molecular flexibility index (Phi) is 3.44. The number of sulfone groups is 1. The molecule has 104 valence electrons. The molecule has 1 aromatic heterocycles. The van der Waals surface area contributed by atoms with Crippen molar-refractivity contribution in [2.45, 2.75) is 12.5 Å². The zero-order valence-electron chi connectivity index (χ0n) is 10.2. The van der Waals surface area contributed by atoms with Crippen molar-refractivity contribution in [3.8, 4) is 0 Å². The second kappa shape index (κ2) is 4.76. The monoisotopic (exact) mass is 288 g/mol. The number of anilines is 1. The number of aromatic nitrogens is 1. The predicted octanol–water partition coefficient (Wildman–Crippen LogP) is 0.542. The number of carbonyl (C=O) groups is 1. The fraction of sp³-hybridized carbons (Fsp3) is 0.455. The van der Waals surface area contributed by atoms with E-state index in [1.54, 1.807) is 0 Å². The highest BCUT2D eigenvalue weighted by Gasteiger charge is 2.32. The zero-order chi connectivity index (χ0) is 14.2. The van der Waals surface area contributed by atoms with Crippen LogP contribution in [0.25, 0.3) is 0 Å². The zero-order valence-corrected chi connectivity index (χ0v) is 11.0. The molecule has 6 nitrogen and oxygen atoms in total. The van der Waals surface area contributed by atoms with E-state index in [1.165, 1.54) is 18.1 Å². The second-order valence-corrected chi connectivity index (χ2v) is 6.70. The van der Waals surface area contributed by atoms with Crippen molar-refractivity contribution in [3.05, 3.63) is 23.6 Å². The number of carboxylic acids is 1. The SMILES string of the molecule is CN(c1nccc(C(=O)O)c1F)C1CCS(=O)(=O)C1. The lowest BCUT2D eigenvalue weighted by molar-refractivity contribution is 0.0691. The number of hydrogen-bond acceptors (Lipinski definition) is 5. The third-order valence-electron chi connectivity index (χ3n) is 3.19. The van der Waals surface area contributed by atoms with E-state index in [4.69, 9.17) is 5.11 Å². The molecule has 2 heterocycles. The van der Waals surface area contributed by atoms with Crippen LogP contribution in [-0.4, -0.2) is 49.1 Å². The molecule has 0 bridgehead atoms. The first-order chi connectivity index (χ1) is 8.82. The minimum atomic E-state index is -3.10. The summed E-state index contributed by atoms with van der Waals surface area (Å²) < 4.78 is 36.8. The standard InChI is InChI=1S/C11H13FN2O4S/c1-14(7-3-5-19(17,18)6-7)10-9(12)8(11(15)16)2-4-13-10/h2,4,7H,3,5-6H2,1H3,(H,15,16). The molecule has 19 heavy (non-hydrogen) atoms. The molecule has 1 N–H and O–H groups in total. The number of rotatable bonds is 3. The molecule has 1 aliphatic heterocycles. The number of hydrogen-bond donors (Lipinski definition) is 1. The topological polar surface area (TPSA) is 87.6 Å². The summed E-state index contributed by atoms with van der Waals surface area (Å²) in [4.78, 5) is 16.0. The molecular weight excluding hydrogens is 275 g/mol. The average Bonchev–Trinajstić information content (AvgIpc) is 2.69. The van der Waals surface area contributed by atoms with Crippen LogP contribution in [0.1, 0.15) is 16.8 Å². The Morgan fingerprint density at radius 1 is 1.58 bits per heavy atom. The highest BCUT2D eigenvalue weighted by molar-refractivity contribution is 7.91. The highest BCUT2D eigenvalue weighted by atomic mass is 32.2. The Bertz CT molecular complexity index is 617. The van der Waals surface area contributed by atoms with Crippen LogP contribution in [0.3, 0.4) is 0 Å². The molecule has 1 saturated heterocycles. The van der Waals surface area contributed by atoms with Crippen LogP contribution in [0.2, 0.25) is 0 Å². The lowest BCUT2D eigenvalue weighted by Gasteiger charge is -2.25. The number of aromatic carboxylic acids is 1. The van der Waals surface area contributed by atoms with Crippen LogP contribution in [0, 0.1) is 5.82 Å². The van der Waals surface area contributed by atoms with Crippen LogP contribution in [-0.2, 0) is 9.84 Å². The summed E-state index contributed by atoms with van der Waals surface area (Å²) >= 11 is 0. The van der Waals surface area contributed by atoms with Gasteiger partial charge >= 0.3 is 5.97 Å². The maximum absolute atomic E-state index is 14.0. The van der Waals surface area contributed by atoms with Crippen molar-refractivity contribution in [2.75, 3.05) is 23.5 Å². The molecular formula is C11H13FN2O4S. The van der Waals surface area contributed by atoms with Gasteiger partial charge in [0, 0.05) is 19.3 Å². The third-order valence-corrected chi connectivity index (χ3v) is 4.94. The number of carboxylic acid groups (broad SMARTS) is 1. The molecule has 1 aromatic rings. The van der Waals surface area contributed by atoms with E-state index in [9.17, 15) is 17.6 Å². The molecule has 1 fully saturated rings. The van der Waals surface area contributed by atoms with Gasteiger partial charge in [-0.2, -0.15) is 0 Å². The maximum atomic E-state index is 14.0. The minimum absolute atomic E-state index is 0.0578. The van der Waals surface area contributed by atoms with Gasteiger partial charge in [-0.25, -0.2) is 22.6 Å². The van der Waals surface area contributed by atoms with Gasteiger partial charge in [0.15, 0.2) is 21.5 Å². The molecule has 1 atom stereocenters. The van der Waals surface area contributed by atoms with Crippen molar-refractivity contribution >= 4 is 21.6 Å². The summed E-state index contributed by atoms with van der Waals surface area (Å²) in [6.45, 7) is 0. The largest absolute Gasteiger partial charge is 0.478 e. The smallest absolute Gasteiger partial charge is 0.338 e. The van der Waals surface area contributed by atoms with Gasteiger partial charge in [0.05, 0.1) is 11.5 Å². The maximum Gasteiger partial charge on any atom is 0.338 e. The fourth-order valence-electron chi connectivity index (χ4n) is 2.10. The van der Waals surface area contributed by atoms with E-state index in [-0.39, 0.29) is 23.4 Å². The molecule has 0 aliphatic carbocycles. The van der Waals surface area contributed by atoms with E-state index in [0.717, 1.165) is 6.07 Å². The van der Waals surface area contributed by atoms with Crippen molar-refractivity contribution in [1.82, 2.24) is 4.98 Å². The summed E-state index contributed by atoms with van der Waals surface area (Å²) in [6, 6.07) is 0.691. The predicted molar refractivity (Wildman–Crippen MR) is 66.6 cm³/mol. The van der Waals surface area contributed by atoms with Crippen LogP contribution in [0.5, 0.6) is 0 Å². The molecule has 0 spiro atoms. The Morgan fingerprint density at radius 3 is 2.79 bits per heavy atom. The lowest BCUT2D eigenvalue weighted by atomic mass is 10.2. The first-order valence-corrected chi connectivity index (χ1v) is 7.45. The van der Waals surface area contributed by atoms with Crippen LogP contribution >= 0.6 is 0 Å². The third kappa shape index (κ3) is 2.67. The van der Waals surface area contributed by atoms with Gasteiger partial charge in [0.25, 0.3) is 0 Å². The normalized spacial score (nSPS) is 21.3. The van der Waals surface area contributed by atoms with Gasteiger partial charge in [-0.05, 0) is 12.5 Å². The van der Waals surface area contributed by atoms with Crippen LogP contribution < -0.4 is 4.90 Å². The molecule has 0 radical (unpaired) electrons. The number of pyridine rings is 1. The van der Waals surface area contributed by atoms with Crippen molar-refractivity contribution < 1.29 is 22.7 Å². The molecule has 0 amide bonds. The first kappa shape index (κ1) is 13.7. The van der Waals surface area contributed by atoms with Gasteiger partial charge in [0.2, 0.25) is 0 Å². The summed E-state index contributed by atoms with van der Waals surface area (Å²) in [6.07, 6.45) is 1.58. The van der Waals surface area contributed by atoms with Crippen LogP contribution in [0.15, 0.2) is 12.3 Å². The second-order valence-electron chi connectivity index (χ2n) is 4.47. The fourth-order valence-corrected chi connectivity index (χ4v) is 3.87. The number of nitrogens with zero attached hydrogens (tertiary/aromatic N) is 2. The van der Waals surface area contributed by atoms with Gasteiger partial charge < -0.3 is 10.0 Å². The molecule has 1 aliphatic rings. The van der Waals surface area contributed by atoms with Crippen molar-refractivity contribution in [3.63, 3.8) is 0 Å². The summed E-state index contributed by atoms with van der Waals surface area (Å²) in [5.41, 5.74) is -0.474. The van der Waals surface area contributed by atoms with Gasteiger partial charge in [-0.1, -0.05) is 0 Å². The van der Waals surface area contributed by atoms with E-state index in [0.29, 0.717) is 6.42 Å². The molecule has 2 rings (SSSR count). The molecule has 1 unspecified atom stereocenters. The number of halogens is 1. The van der Waals surface area contributed by atoms with Crippen molar-refractivity contribution in [1.29, 1.82) is 0 Å². The van der Waals surface area contributed by atoms with E-state index < -0.39 is 27.2 Å². The Hall–Kier alpha value is -1.70. The summed E-state index contributed by atoms with van der Waals surface area (Å²) in [7, 11) is -1.58. The van der Waals surface area contributed by atoms with Gasteiger partial charge in [-0.15, -0.1) is 0 Å². The average molecular weight is 288 g/mol. The summed E-state index contributed by atoms with van der Waals surface area (Å²) in [5.74, 6) is -2.47. The molecule has 8 heteroatoms. The highest BCUT2D eigenvalue weighted by Crippen LogP contribution is 2.25. The summed E-state index contributed by atoms with van der Waals surface area (Å²) in [5, 5.41) is 8.84. The Balaban J connectivity index is 2.32. The van der Waals surface area contributed by atoms with E-state index in [2.05, 4.69) is 4.98 Å². The van der Waals surface area contributed by atoms with Gasteiger partial charge in [0.1, 0.15) is 5.56 Å². The van der Waals surface area contributed by atoms with E-state index in [1.807, 2.05) is 0 Å². The first-order valence-electron chi connectivity index (χ1n) is 5.63. The molecule has 0 saturated carbocycles. The van der Waals surface area contributed by atoms with Crippen molar-refractivity contribution in [2.24, 2.45) is 0 Å². The quantitative estimate of drug-likeness (QED) is 0.873. The van der Waals surface area contributed by atoms with E-state index >= 15 is 0 Å². The van der Waals surface area contributed by atoms with Crippen LogP contribution in [0.4, 0.5) is 10.2 Å². The van der Waals surface area contributed by atoms with Gasteiger partial charge in [-0.3, -0.25) is 0 Å².